The van der Waals surface area contributed by atoms with Crippen molar-refractivity contribution in [2.24, 2.45) is 0 Å². The molecule has 0 aliphatic rings. The largest absolute Gasteiger partial charge is 0.495 e. The summed E-state index contributed by atoms with van der Waals surface area (Å²) in [6, 6.07) is 10.1. The molecule has 88 heavy (non-hydrogen) atoms. The van der Waals surface area contributed by atoms with Crippen molar-refractivity contribution in [2.75, 3.05) is 37.2 Å². The molecule has 0 unspecified atom stereocenters. The van der Waals surface area contributed by atoms with Crippen molar-refractivity contribution in [1.82, 2.24) is 59.8 Å². The van der Waals surface area contributed by atoms with Crippen LogP contribution in [0.4, 0.5) is 76.0 Å². The Kier molecular flexibility index (Phi) is 28.5. The first-order valence-corrected chi connectivity index (χ1v) is 29.7. The van der Waals surface area contributed by atoms with E-state index in [1.54, 1.807) is 30.7 Å². The van der Waals surface area contributed by atoms with Crippen LogP contribution in [-0.2, 0) is 61.7 Å². The second kappa shape index (κ2) is 33.7. The first-order valence-electron chi connectivity index (χ1n) is 22.9. The quantitative estimate of drug-likeness (QED) is 0.0482. The molecule has 0 aliphatic heterocycles. The predicted octanol–water partition coefficient (Wildman–Crippen LogP) is 14.3. The summed E-state index contributed by atoms with van der Waals surface area (Å²) in [5, 5.41) is 9.07. The predicted molar refractivity (Wildman–Crippen MR) is 316 cm³/mol. The number of rotatable bonds is 10. The fraction of sp³-hybridized carbons (Fsp3) is 0.239. The zero-order valence-corrected chi connectivity index (χ0v) is 54.0. The molecule has 0 fully saturated rings. The molecule has 9 N–H and O–H groups in total. The van der Waals surface area contributed by atoms with E-state index >= 15 is 0 Å². The smallest absolute Gasteiger partial charge is 0.451 e. The number of nitrogens with zero attached hydrogens (tertiary/aromatic N) is 12. The van der Waals surface area contributed by atoms with Gasteiger partial charge >= 0.3 is 30.7 Å². The fourth-order valence-electron chi connectivity index (χ4n) is 5.74. The standard InChI is InChI=1S/C17H14ClF3N4OS.C10H8BrF3N4S.C5H4BrNO2S.C5HCl2F3N2.C5H5F3N4.C4H4BrNOS/c1-26-13-5-2-9(6-12(13)18)15-23-8-11(27-15)4-3-10-7-14(22)25-16(24-10)17(19,20)21;11-9-16-4-6(19-9)2-1-5-3-7(15)18-8(17-5)10(12,13)14;1-9-4(8)3-2-7-5(6)10-3;6-2-1-3(7)12-4(11-2)5(8,9)10;6-5(7,8)4-11-2(9)1-3(10)12-4;5-4-6-1-3(2-7)8-4/h2,5-8H,3-4H2,1H3,(H2,22,24,25);3-4H,1-2H2,(H2,15,17,18);2H,1H3;1H;1H,(H4,9,10,11,12);1,7H,2H2. The highest BCUT2D eigenvalue weighted by molar-refractivity contribution is 9.11. The van der Waals surface area contributed by atoms with Crippen molar-refractivity contribution in [3.63, 3.8) is 0 Å². The van der Waals surface area contributed by atoms with Crippen molar-refractivity contribution in [3.05, 3.63) is 149 Å². The molecule has 8 heterocycles. The monoisotopic (exact) mass is 1570 g/mol. The van der Waals surface area contributed by atoms with Gasteiger partial charge < -0.3 is 37.5 Å². The third-order valence-corrected chi connectivity index (χ3v) is 15.6. The van der Waals surface area contributed by atoms with Crippen LogP contribution in [0.3, 0.4) is 0 Å². The maximum atomic E-state index is 12.8. The molecule has 9 aromatic rings. The number of nitrogen functional groups attached to an aromatic ring is 4. The minimum absolute atomic E-state index is 0.0866. The van der Waals surface area contributed by atoms with Crippen molar-refractivity contribution in [2.45, 2.75) is 57.0 Å². The van der Waals surface area contributed by atoms with Gasteiger partial charge in [0.2, 0.25) is 23.3 Å². The number of hydrogen-bond donors (Lipinski definition) is 5. The third-order valence-electron chi connectivity index (χ3n) is 9.32. The van der Waals surface area contributed by atoms with Crippen LogP contribution in [0.25, 0.3) is 10.6 Å². The molecule has 0 spiro atoms. The van der Waals surface area contributed by atoms with Gasteiger partial charge in [0.15, 0.2) is 11.8 Å². The minimum Gasteiger partial charge on any atom is -0.495 e. The van der Waals surface area contributed by atoms with Crippen LogP contribution in [0.5, 0.6) is 5.75 Å². The second-order valence-electron chi connectivity index (χ2n) is 15.9. The van der Waals surface area contributed by atoms with Crippen molar-refractivity contribution in [1.29, 1.82) is 0 Å². The minimum atomic E-state index is -4.63. The molecule has 20 nitrogen and oxygen atoms in total. The molecule has 0 amide bonds. The second-order valence-corrected chi connectivity index (χ2v) is 25.2. The first-order chi connectivity index (χ1) is 40.9. The molecule has 474 valence electrons. The van der Waals surface area contributed by atoms with E-state index in [1.807, 2.05) is 6.07 Å². The average Bonchev–Trinajstić information content (AvgIpc) is 3.07. The summed E-state index contributed by atoms with van der Waals surface area (Å²) in [6.07, 6.45) is -10.3. The van der Waals surface area contributed by atoms with Crippen LogP contribution < -0.4 is 27.7 Å². The number of halogens is 18. The molecular formula is C46H36Br3Cl3F12N16O4S4. The molecule has 42 heteroatoms. The summed E-state index contributed by atoms with van der Waals surface area (Å²) in [5.74, 6) is -5.83. The summed E-state index contributed by atoms with van der Waals surface area (Å²) >= 11 is 31.6. The van der Waals surface area contributed by atoms with Gasteiger partial charge in [-0.3, -0.25) is 0 Å². The number of esters is 1. The number of benzene rings is 1. The van der Waals surface area contributed by atoms with E-state index in [2.05, 4.69) is 112 Å². The number of methoxy groups -OCH3 is 2. The molecule has 0 saturated carbocycles. The number of alkyl halides is 12. The number of aryl methyl sites for hydroxylation is 4. The van der Waals surface area contributed by atoms with Crippen LogP contribution in [-0.4, -0.2) is 85.1 Å². The first kappa shape index (κ1) is 74.4. The molecule has 0 radical (unpaired) electrons. The summed E-state index contributed by atoms with van der Waals surface area (Å²) in [5.41, 5.74) is 22.2. The lowest BCUT2D eigenvalue weighted by Crippen LogP contribution is -2.14. The molecular weight excluding hydrogens is 1540 g/mol. The number of hydrogen-bond acceptors (Lipinski definition) is 24. The lowest BCUT2D eigenvalue weighted by atomic mass is 10.2. The zero-order valence-electron chi connectivity index (χ0n) is 43.7. The van der Waals surface area contributed by atoms with Gasteiger partial charge in [-0.1, -0.05) is 34.8 Å². The Morgan fingerprint density at radius 1 is 0.511 bits per heavy atom. The molecule has 0 aliphatic carbocycles. The summed E-state index contributed by atoms with van der Waals surface area (Å²) in [7, 11) is 2.88. The normalized spacial score (nSPS) is 11.2. The Morgan fingerprint density at radius 3 is 1.28 bits per heavy atom. The average molecular weight is 1580 g/mol. The van der Waals surface area contributed by atoms with Crippen LogP contribution >= 0.6 is 128 Å². The van der Waals surface area contributed by atoms with Crippen molar-refractivity contribution in [3.8, 4) is 16.3 Å². The molecule has 1 aromatic carbocycles. The van der Waals surface area contributed by atoms with Crippen LogP contribution in [0, 0.1) is 0 Å². The van der Waals surface area contributed by atoms with Crippen LogP contribution in [0.2, 0.25) is 15.3 Å². The van der Waals surface area contributed by atoms with Gasteiger partial charge in [-0.25, -0.2) is 64.6 Å². The highest BCUT2D eigenvalue weighted by Crippen LogP contribution is 2.34. The lowest BCUT2D eigenvalue weighted by Gasteiger charge is -2.07. The van der Waals surface area contributed by atoms with E-state index in [4.69, 9.17) is 67.6 Å². The molecule has 9 rings (SSSR count). The number of carbonyl (C=O) groups excluding carboxylic acids is 1. The van der Waals surface area contributed by atoms with Gasteiger partial charge in [0.05, 0.1) is 36.9 Å². The van der Waals surface area contributed by atoms with Gasteiger partial charge in [0, 0.05) is 69.6 Å². The van der Waals surface area contributed by atoms with E-state index in [0.29, 0.717) is 45.2 Å². The van der Waals surface area contributed by atoms with Crippen molar-refractivity contribution >= 4 is 157 Å². The number of carbonyl (C=O) groups is 1. The number of anilines is 4. The lowest BCUT2D eigenvalue weighted by molar-refractivity contribution is -0.145. The van der Waals surface area contributed by atoms with Crippen LogP contribution in [0.1, 0.15) is 59.0 Å². The maximum Gasteiger partial charge on any atom is 0.451 e. The Morgan fingerprint density at radius 2 is 0.909 bits per heavy atom. The van der Waals surface area contributed by atoms with Gasteiger partial charge in [0.25, 0.3) is 0 Å². The highest BCUT2D eigenvalue weighted by Gasteiger charge is 2.38. The summed E-state index contributed by atoms with van der Waals surface area (Å²) in [4.78, 5) is 55.3. The fourth-order valence-corrected chi connectivity index (χ4v) is 11.1. The van der Waals surface area contributed by atoms with E-state index in [1.165, 1.54) is 77.9 Å². The number of thiazole rings is 4. The Hall–Kier alpha value is -6.04. The van der Waals surface area contributed by atoms with E-state index in [-0.39, 0.29) is 57.5 Å². The van der Waals surface area contributed by atoms with Gasteiger partial charge in [-0.2, -0.15) is 52.7 Å². The van der Waals surface area contributed by atoms with Crippen LogP contribution in [0.15, 0.2) is 79.0 Å². The molecule has 0 atom stereocenters. The summed E-state index contributed by atoms with van der Waals surface area (Å²) in [6.45, 7) is 0.0866. The topological polar surface area (TPSA) is 315 Å². The Labute approximate surface area is 544 Å². The third kappa shape index (κ3) is 25.8. The Balaban J connectivity index is 0.000000238. The van der Waals surface area contributed by atoms with Gasteiger partial charge in [0.1, 0.15) is 49.2 Å². The van der Waals surface area contributed by atoms with Gasteiger partial charge in [-0.05, 0) is 91.7 Å². The van der Waals surface area contributed by atoms with E-state index in [9.17, 15) is 57.5 Å². The Bertz CT molecular complexity index is 3640. The molecule has 0 bridgehead atoms. The molecule has 8 aromatic heterocycles. The maximum absolute atomic E-state index is 12.8. The van der Waals surface area contributed by atoms with Crippen molar-refractivity contribution < 1.29 is 72.1 Å². The highest BCUT2D eigenvalue weighted by atomic mass is 79.9. The number of ether oxygens (including phenoxy) is 2. The van der Waals surface area contributed by atoms with Gasteiger partial charge in [-0.15, -0.1) is 45.3 Å². The number of aromatic nitrogens is 12. The SMILES string of the molecule is COC(=O)c1cnc(Br)s1.COc1ccc(-c2ncc(CCc3cc(N)nc(C(F)(F)F)n3)s2)cc1Cl.FC(F)(F)c1nc(Cl)cc(Cl)n1.Nc1cc(CCc2cnc(Br)s2)nc(C(F)(F)F)n1.Nc1cc(N)nc(C(F)(F)F)n1.OCc1cnc(Br)s1. The molecule has 0 saturated heterocycles. The number of aliphatic hydroxyl groups excluding tert-OH is 1. The van der Waals surface area contributed by atoms with E-state index in [0.717, 1.165) is 45.2 Å². The number of aliphatic hydroxyl groups is 1. The van der Waals surface area contributed by atoms with E-state index < -0.39 is 48.0 Å². The number of nitrogens with two attached hydrogens (primary N) is 4. The zero-order chi connectivity index (χ0) is 65.9. The summed E-state index contributed by atoms with van der Waals surface area (Å²) < 4.78 is 159.